The summed E-state index contributed by atoms with van der Waals surface area (Å²) in [6.07, 6.45) is -0.716. The molecular formula is C22H13Cl2F4N5O. The molecule has 0 atom stereocenters. The Kier molecular flexibility index (Phi) is 6.28. The standard InChI is InChI=1S/C22H13Cl2F4N5O/c1-11-6-12(25)2-3-14(11)15-9-18(23)16(8-17(15)22(26,27)28)21(34)32-13-7-19(24)20(29-10-13)33-30-4-5-31-33/h2-10H,1H3,(H,32,34). The molecule has 0 aliphatic rings. The third-order valence-corrected chi connectivity index (χ3v) is 5.41. The van der Waals surface area contributed by atoms with Crippen LogP contribution in [-0.4, -0.2) is 25.9 Å². The van der Waals surface area contributed by atoms with Gasteiger partial charge >= 0.3 is 6.18 Å². The lowest BCUT2D eigenvalue weighted by atomic mass is 9.93. The lowest BCUT2D eigenvalue weighted by Crippen LogP contribution is -2.16. The second kappa shape index (κ2) is 9.03. The van der Waals surface area contributed by atoms with E-state index in [1.807, 2.05) is 0 Å². The molecule has 2 aromatic carbocycles. The van der Waals surface area contributed by atoms with Gasteiger partial charge in [-0.05, 0) is 53.9 Å². The molecule has 174 valence electrons. The maximum Gasteiger partial charge on any atom is 0.417 e. The predicted octanol–water partition coefficient (Wildman–Crippen LogP) is 6.35. The zero-order valence-electron chi connectivity index (χ0n) is 17.2. The van der Waals surface area contributed by atoms with Crippen LogP contribution < -0.4 is 5.32 Å². The van der Waals surface area contributed by atoms with E-state index in [2.05, 4.69) is 20.5 Å². The van der Waals surface area contributed by atoms with Gasteiger partial charge in [-0.25, -0.2) is 9.37 Å². The number of aryl methyl sites for hydroxylation is 1. The van der Waals surface area contributed by atoms with Gasteiger partial charge in [-0.3, -0.25) is 4.79 Å². The van der Waals surface area contributed by atoms with Crippen molar-refractivity contribution in [2.45, 2.75) is 13.1 Å². The molecule has 0 spiro atoms. The number of nitrogens with one attached hydrogen (secondary N) is 1. The van der Waals surface area contributed by atoms with Crippen LogP contribution >= 0.6 is 23.2 Å². The van der Waals surface area contributed by atoms with Gasteiger partial charge in [0.15, 0.2) is 5.82 Å². The van der Waals surface area contributed by atoms with Gasteiger partial charge in [-0.1, -0.05) is 29.3 Å². The van der Waals surface area contributed by atoms with Gasteiger partial charge in [0.25, 0.3) is 5.91 Å². The first-order valence-electron chi connectivity index (χ1n) is 9.55. The van der Waals surface area contributed by atoms with Crippen LogP contribution in [0.5, 0.6) is 0 Å². The molecule has 0 unspecified atom stereocenters. The summed E-state index contributed by atoms with van der Waals surface area (Å²) < 4.78 is 55.1. The van der Waals surface area contributed by atoms with Crippen molar-refractivity contribution >= 4 is 34.8 Å². The molecule has 12 heteroatoms. The normalized spacial score (nSPS) is 11.5. The summed E-state index contributed by atoms with van der Waals surface area (Å²) in [5.41, 5.74) is -1.23. The first-order valence-corrected chi connectivity index (χ1v) is 10.3. The van der Waals surface area contributed by atoms with Crippen LogP contribution in [0.2, 0.25) is 10.0 Å². The number of rotatable bonds is 4. The molecule has 1 N–H and O–H groups in total. The molecule has 34 heavy (non-hydrogen) atoms. The molecule has 2 heterocycles. The van der Waals surface area contributed by atoms with Crippen LogP contribution in [-0.2, 0) is 6.18 Å². The number of nitrogens with zero attached hydrogens (tertiary/aromatic N) is 4. The number of alkyl halides is 3. The van der Waals surface area contributed by atoms with E-state index in [9.17, 15) is 22.4 Å². The van der Waals surface area contributed by atoms with Crippen LogP contribution in [0.3, 0.4) is 0 Å². The Bertz CT molecular complexity index is 1390. The van der Waals surface area contributed by atoms with Gasteiger partial charge < -0.3 is 5.32 Å². The maximum atomic E-state index is 13.9. The van der Waals surface area contributed by atoms with Gasteiger partial charge in [0.1, 0.15) is 5.82 Å². The molecular weight excluding hydrogens is 497 g/mol. The lowest BCUT2D eigenvalue weighted by Gasteiger charge is -2.17. The van der Waals surface area contributed by atoms with Gasteiger partial charge in [-0.2, -0.15) is 23.4 Å². The second-order valence-electron chi connectivity index (χ2n) is 7.14. The Morgan fingerprint density at radius 1 is 1.00 bits per heavy atom. The van der Waals surface area contributed by atoms with E-state index < -0.39 is 29.0 Å². The zero-order valence-corrected chi connectivity index (χ0v) is 18.7. The Morgan fingerprint density at radius 2 is 1.71 bits per heavy atom. The van der Waals surface area contributed by atoms with Crippen LogP contribution in [0.4, 0.5) is 23.2 Å². The monoisotopic (exact) mass is 509 g/mol. The lowest BCUT2D eigenvalue weighted by molar-refractivity contribution is -0.137. The van der Waals surface area contributed by atoms with E-state index in [1.54, 1.807) is 0 Å². The van der Waals surface area contributed by atoms with E-state index in [1.165, 1.54) is 37.6 Å². The van der Waals surface area contributed by atoms with E-state index in [4.69, 9.17) is 23.2 Å². The fraction of sp³-hybridized carbons (Fsp3) is 0.0909. The molecule has 0 saturated heterocycles. The van der Waals surface area contributed by atoms with Gasteiger partial charge in [0, 0.05) is 0 Å². The summed E-state index contributed by atoms with van der Waals surface area (Å²) in [7, 11) is 0. The minimum absolute atomic E-state index is 0.0956. The fourth-order valence-corrected chi connectivity index (χ4v) is 3.80. The minimum Gasteiger partial charge on any atom is -0.320 e. The summed E-state index contributed by atoms with van der Waals surface area (Å²) in [5.74, 6) is -1.29. The minimum atomic E-state index is -4.81. The van der Waals surface area contributed by atoms with Gasteiger partial charge in [-0.15, -0.1) is 4.80 Å². The molecule has 0 aliphatic heterocycles. The van der Waals surface area contributed by atoms with Crippen LogP contribution in [0.25, 0.3) is 16.9 Å². The molecule has 0 radical (unpaired) electrons. The third-order valence-electron chi connectivity index (χ3n) is 4.82. The second-order valence-corrected chi connectivity index (χ2v) is 7.95. The first-order chi connectivity index (χ1) is 16.0. The highest BCUT2D eigenvalue weighted by Gasteiger charge is 2.35. The quantitative estimate of drug-likeness (QED) is 0.325. The summed E-state index contributed by atoms with van der Waals surface area (Å²) in [5, 5.41) is 10.1. The largest absolute Gasteiger partial charge is 0.417 e. The molecule has 0 fully saturated rings. The van der Waals surface area contributed by atoms with Gasteiger partial charge in [0.05, 0.1) is 45.5 Å². The summed E-state index contributed by atoms with van der Waals surface area (Å²) in [6.45, 7) is 1.48. The van der Waals surface area contributed by atoms with Crippen molar-refractivity contribution in [1.82, 2.24) is 20.0 Å². The highest BCUT2D eigenvalue weighted by atomic mass is 35.5. The zero-order chi connectivity index (χ0) is 24.6. The highest BCUT2D eigenvalue weighted by Crippen LogP contribution is 2.41. The number of anilines is 1. The van der Waals surface area contributed by atoms with Crippen LogP contribution in [0.1, 0.15) is 21.5 Å². The fourth-order valence-electron chi connectivity index (χ4n) is 3.30. The van der Waals surface area contributed by atoms with E-state index in [0.717, 1.165) is 23.0 Å². The first kappa shape index (κ1) is 23.7. The number of aromatic nitrogens is 4. The van der Waals surface area contributed by atoms with E-state index in [-0.39, 0.29) is 38.2 Å². The molecule has 4 aromatic rings. The van der Waals surface area contributed by atoms with Crippen LogP contribution in [0.15, 0.2) is 55.0 Å². The molecule has 1 amide bonds. The van der Waals surface area contributed by atoms with Gasteiger partial charge in [0.2, 0.25) is 0 Å². The van der Waals surface area contributed by atoms with Crippen molar-refractivity contribution in [2.75, 3.05) is 5.32 Å². The number of carbonyl (C=O) groups is 1. The molecule has 6 nitrogen and oxygen atoms in total. The summed E-state index contributed by atoms with van der Waals surface area (Å²) in [4.78, 5) is 18.0. The number of carbonyl (C=O) groups excluding carboxylic acids is 1. The number of hydrogen-bond donors (Lipinski definition) is 1. The van der Waals surface area contributed by atoms with E-state index in [0.29, 0.717) is 6.07 Å². The topological polar surface area (TPSA) is 72.7 Å². The highest BCUT2D eigenvalue weighted by molar-refractivity contribution is 6.35. The number of benzene rings is 2. The van der Waals surface area contributed by atoms with Crippen molar-refractivity contribution in [3.63, 3.8) is 0 Å². The Balaban J connectivity index is 1.70. The predicted molar refractivity (Wildman–Crippen MR) is 119 cm³/mol. The average Bonchev–Trinajstić information content (AvgIpc) is 3.27. The molecule has 0 bridgehead atoms. The molecule has 0 saturated carbocycles. The smallest absolute Gasteiger partial charge is 0.320 e. The Hall–Kier alpha value is -3.50. The number of halogens is 6. The number of hydrogen-bond acceptors (Lipinski definition) is 4. The number of amides is 1. The summed E-state index contributed by atoms with van der Waals surface area (Å²) in [6, 6.07) is 6.44. The molecule has 0 aliphatic carbocycles. The Morgan fingerprint density at radius 3 is 2.32 bits per heavy atom. The average molecular weight is 510 g/mol. The molecule has 4 rings (SSSR count). The van der Waals surface area contributed by atoms with Crippen molar-refractivity contribution in [2.24, 2.45) is 0 Å². The molecule has 2 aromatic heterocycles. The van der Waals surface area contributed by atoms with Crippen molar-refractivity contribution in [3.05, 3.63) is 87.5 Å². The maximum absolute atomic E-state index is 13.9. The summed E-state index contributed by atoms with van der Waals surface area (Å²) >= 11 is 12.4. The Labute approximate surface area is 200 Å². The van der Waals surface area contributed by atoms with Crippen molar-refractivity contribution in [1.29, 1.82) is 0 Å². The van der Waals surface area contributed by atoms with Crippen molar-refractivity contribution < 1.29 is 22.4 Å². The van der Waals surface area contributed by atoms with Crippen LogP contribution in [0, 0.1) is 12.7 Å². The van der Waals surface area contributed by atoms with Crippen molar-refractivity contribution in [3.8, 4) is 16.9 Å². The van der Waals surface area contributed by atoms with E-state index >= 15 is 0 Å². The SMILES string of the molecule is Cc1cc(F)ccc1-c1cc(Cl)c(C(=O)Nc2cnc(-n3nccn3)c(Cl)c2)cc1C(F)(F)F. The number of pyridine rings is 1. The third kappa shape index (κ3) is 4.73.